The monoisotopic (exact) mass is 271 g/mol. The summed E-state index contributed by atoms with van der Waals surface area (Å²) in [6.07, 6.45) is 4.50. The number of anilines is 1. The van der Waals surface area contributed by atoms with Gasteiger partial charge >= 0.3 is 6.01 Å². The van der Waals surface area contributed by atoms with Gasteiger partial charge in [-0.05, 0) is 12.8 Å². The summed E-state index contributed by atoms with van der Waals surface area (Å²) >= 11 is 1.60. The number of hydrazine groups is 1. The molecule has 102 valence electrons. The average molecular weight is 271 g/mol. The van der Waals surface area contributed by atoms with Crippen molar-refractivity contribution in [3.63, 3.8) is 0 Å². The molecule has 18 heavy (non-hydrogen) atoms. The molecule has 0 saturated heterocycles. The van der Waals surface area contributed by atoms with Gasteiger partial charge in [0.05, 0.1) is 6.61 Å². The van der Waals surface area contributed by atoms with Crippen molar-refractivity contribution < 1.29 is 4.74 Å². The minimum atomic E-state index is 0.331. The van der Waals surface area contributed by atoms with Crippen molar-refractivity contribution in [2.45, 2.75) is 44.7 Å². The van der Waals surface area contributed by atoms with E-state index < -0.39 is 0 Å². The van der Waals surface area contributed by atoms with Gasteiger partial charge in [-0.2, -0.15) is 15.0 Å². The van der Waals surface area contributed by atoms with Crippen LogP contribution in [0.5, 0.6) is 6.01 Å². The van der Waals surface area contributed by atoms with Gasteiger partial charge in [0.1, 0.15) is 0 Å². The fraction of sp³-hybridized carbons (Fsp3) is 0.727. The maximum atomic E-state index is 5.39. The highest BCUT2D eigenvalue weighted by Gasteiger charge is 2.07. The van der Waals surface area contributed by atoms with Crippen LogP contribution in [0.1, 0.15) is 39.5 Å². The first-order chi connectivity index (χ1) is 8.80. The predicted molar refractivity (Wildman–Crippen MR) is 73.7 cm³/mol. The third-order valence-electron chi connectivity index (χ3n) is 2.14. The first-order valence-corrected chi connectivity index (χ1v) is 7.27. The van der Waals surface area contributed by atoms with Gasteiger partial charge in [-0.3, -0.25) is 5.43 Å². The first kappa shape index (κ1) is 15.0. The number of hydrogen-bond acceptors (Lipinski definition) is 7. The van der Waals surface area contributed by atoms with Crippen LogP contribution in [0.15, 0.2) is 5.16 Å². The molecule has 0 unspecified atom stereocenters. The number of unbranched alkanes of at least 4 members (excludes halogenated alkanes) is 2. The van der Waals surface area contributed by atoms with Gasteiger partial charge < -0.3 is 4.74 Å². The van der Waals surface area contributed by atoms with E-state index in [1.54, 1.807) is 11.8 Å². The second-order valence-corrected chi connectivity index (χ2v) is 4.83. The Bertz CT molecular complexity index is 350. The number of nitrogens with zero attached hydrogens (tertiary/aromatic N) is 3. The van der Waals surface area contributed by atoms with Crippen molar-refractivity contribution >= 4 is 17.7 Å². The predicted octanol–water partition coefficient (Wildman–Crippen LogP) is 2.23. The summed E-state index contributed by atoms with van der Waals surface area (Å²) in [5, 5.41) is 0.653. The van der Waals surface area contributed by atoms with Crippen molar-refractivity contribution in [1.29, 1.82) is 0 Å². The molecule has 1 rings (SSSR count). The number of thioether (sulfide) groups is 1. The molecular formula is C11H21N5OS. The Morgan fingerprint density at radius 2 is 2.00 bits per heavy atom. The molecule has 0 aliphatic heterocycles. The lowest BCUT2D eigenvalue weighted by atomic mass is 10.3. The molecule has 0 atom stereocenters. The minimum Gasteiger partial charge on any atom is -0.463 e. The molecule has 0 spiro atoms. The van der Waals surface area contributed by atoms with Gasteiger partial charge in [-0.15, -0.1) is 0 Å². The molecule has 1 heterocycles. The van der Waals surface area contributed by atoms with Gasteiger partial charge in [0.2, 0.25) is 5.95 Å². The van der Waals surface area contributed by atoms with E-state index in [9.17, 15) is 0 Å². The van der Waals surface area contributed by atoms with Crippen LogP contribution in [0.25, 0.3) is 0 Å². The van der Waals surface area contributed by atoms with Gasteiger partial charge in [-0.25, -0.2) is 5.84 Å². The third kappa shape index (κ3) is 5.50. The lowest BCUT2D eigenvalue weighted by Crippen LogP contribution is -2.13. The van der Waals surface area contributed by atoms with Crippen LogP contribution in [0.2, 0.25) is 0 Å². The number of ether oxygens (including phenoxy) is 1. The molecule has 3 N–H and O–H groups in total. The Hall–Kier alpha value is -1.08. The number of nitrogens with one attached hydrogen (secondary N) is 1. The second-order valence-electron chi connectivity index (χ2n) is 3.77. The van der Waals surface area contributed by atoms with E-state index >= 15 is 0 Å². The molecule has 6 nitrogen and oxygen atoms in total. The summed E-state index contributed by atoms with van der Waals surface area (Å²) in [4.78, 5) is 12.5. The molecule has 0 bridgehead atoms. The van der Waals surface area contributed by atoms with Gasteiger partial charge in [0.15, 0.2) is 5.16 Å². The third-order valence-corrected chi connectivity index (χ3v) is 3.07. The van der Waals surface area contributed by atoms with E-state index in [4.69, 9.17) is 10.6 Å². The highest BCUT2D eigenvalue weighted by molar-refractivity contribution is 7.99. The van der Waals surface area contributed by atoms with Crippen LogP contribution in [-0.2, 0) is 0 Å². The summed E-state index contributed by atoms with van der Waals surface area (Å²) in [6, 6.07) is 0.331. The summed E-state index contributed by atoms with van der Waals surface area (Å²) in [6.45, 7) is 4.80. The molecule has 0 aromatic carbocycles. The molecular weight excluding hydrogens is 250 g/mol. The van der Waals surface area contributed by atoms with Crippen LogP contribution in [0, 0.1) is 0 Å². The highest BCUT2D eigenvalue weighted by Crippen LogP contribution is 2.18. The van der Waals surface area contributed by atoms with Crippen molar-refractivity contribution in [2.24, 2.45) is 5.84 Å². The largest absolute Gasteiger partial charge is 0.463 e. The quantitative estimate of drug-likeness (QED) is 0.308. The number of nitrogens with two attached hydrogens (primary N) is 1. The van der Waals surface area contributed by atoms with Gasteiger partial charge in [-0.1, -0.05) is 38.5 Å². The second kappa shape index (κ2) is 8.93. The Balaban J connectivity index is 2.58. The number of rotatable bonds is 9. The van der Waals surface area contributed by atoms with Crippen LogP contribution >= 0.6 is 11.8 Å². The zero-order valence-electron chi connectivity index (χ0n) is 11.0. The molecule has 0 aliphatic carbocycles. The Labute approximate surface area is 112 Å². The van der Waals surface area contributed by atoms with E-state index in [2.05, 4.69) is 27.3 Å². The fourth-order valence-electron chi connectivity index (χ4n) is 1.24. The normalized spacial score (nSPS) is 10.4. The highest BCUT2D eigenvalue weighted by atomic mass is 32.2. The fourth-order valence-corrected chi connectivity index (χ4v) is 2.07. The summed E-state index contributed by atoms with van der Waals surface area (Å²) in [5.74, 6) is 6.66. The van der Waals surface area contributed by atoms with Gasteiger partial charge in [0.25, 0.3) is 0 Å². The van der Waals surface area contributed by atoms with Crippen LogP contribution in [0.4, 0.5) is 5.95 Å². The zero-order chi connectivity index (χ0) is 13.2. The maximum absolute atomic E-state index is 5.39. The van der Waals surface area contributed by atoms with Crippen molar-refractivity contribution in [3.05, 3.63) is 0 Å². The molecule has 1 aromatic heterocycles. The van der Waals surface area contributed by atoms with Crippen LogP contribution in [-0.4, -0.2) is 27.3 Å². The lowest BCUT2D eigenvalue weighted by Gasteiger charge is -2.06. The molecule has 1 aromatic rings. The molecule has 0 amide bonds. The first-order valence-electron chi connectivity index (χ1n) is 6.28. The maximum Gasteiger partial charge on any atom is 0.322 e. The van der Waals surface area contributed by atoms with E-state index in [0.29, 0.717) is 23.7 Å². The summed E-state index contributed by atoms with van der Waals surface area (Å²) < 4.78 is 5.39. The van der Waals surface area contributed by atoms with E-state index in [-0.39, 0.29) is 0 Å². The molecule has 0 aliphatic rings. The molecule has 0 radical (unpaired) electrons. The molecule has 0 saturated carbocycles. The standard InChI is InChI=1S/C11H21N5OS/c1-3-5-6-8-18-11-14-9(16-12)13-10(15-11)17-7-4-2/h3-8,12H2,1-2H3,(H,13,14,15,16). The minimum absolute atomic E-state index is 0.331. The number of aromatic nitrogens is 3. The van der Waals surface area contributed by atoms with E-state index in [1.165, 1.54) is 12.8 Å². The Morgan fingerprint density at radius 1 is 1.17 bits per heavy atom. The SMILES string of the molecule is CCCCCSc1nc(NN)nc(OCCC)n1. The smallest absolute Gasteiger partial charge is 0.322 e. The van der Waals surface area contributed by atoms with Crippen molar-refractivity contribution in [3.8, 4) is 6.01 Å². The van der Waals surface area contributed by atoms with E-state index in [1.807, 2.05) is 6.92 Å². The Morgan fingerprint density at radius 3 is 2.67 bits per heavy atom. The van der Waals surface area contributed by atoms with Crippen molar-refractivity contribution in [1.82, 2.24) is 15.0 Å². The zero-order valence-corrected chi connectivity index (χ0v) is 11.8. The summed E-state index contributed by atoms with van der Waals surface area (Å²) in [5.41, 5.74) is 2.43. The molecule has 0 fully saturated rings. The summed E-state index contributed by atoms with van der Waals surface area (Å²) in [7, 11) is 0. The van der Waals surface area contributed by atoms with Crippen LogP contribution in [0.3, 0.4) is 0 Å². The topological polar surface area (TPSA) is 86.0 Å². The molecule has 7 heteroatoms. The van der Waals surface area contributed by atoms with E-state index in [0.717, 1.165) is 18.6 Å². The number of nitrogen functional groups attached to an aromatic ring is 1. The lowest BCUT2D eigenvalue weighted by molar-refractivity contribution is 0.288. The average Bonchev–Trinajstić information content (AvgIpc) is 2.41. The Kier molecular flexibility index (Phi) is 7.43. The number of hydrogen-bond donors (Lipinski definition) is 2. The van der Waals surface area contributed by atoms with Crippen LogP contribution < -0.4 is 16.0 Å². The van der Waals surface area contributed by atoms with Crippen molar-refractivity contribution in [2.75, 3.05) is 17.8 Å². The van der Waals surface area contributed by atoms with Gasteiger partial charge in [0, 0.05) is 5.75 Å².